The van der Waals surface area contributed by atoms with E-state index in [-0.39, 0.29) is 6.03 Å². The molecule has 4 bridgehead atoms. The summed E-state index contributed by atoms with van der Waals surface area (Å²) in [7, 11) is 0. The molecule has 0 heterocycles. The Hall–Kier alpha value is -1.22. The van der Waals surface area contributed by atoms with Crippen molar-refractivity contribution in [3.05, 3.63) is 29.3 Å². The van der Waals surface area contributed by atoms with Crippen LogP contribution in [0.15, 0.2) is 24.3 Å². The lowest BCUT2D eigenvalue weighted by molar-refractivity contribution is -0.00883. The summed E-state index contributed by atoms with van der Waals surface area (Å²) < 4.78 is 0. The van der Waals surface area contributed by atoms with Gasteiger partial charge >= 0.3 is 6.03 Å². The van der Waals surface area contributed by atoms with Gasteiger partial charge in [-0.1, -0.05) is 17.7 Å². The SMILES string of the molecule is O=C(Nc1cccc(Cl)c1)NC1C2CC3CC(C2)CC1C3. The zero-order valence-electron chi connectivity index (χ0n) is 12.0. The summed E-state index contributed by atoms with van der Waals surface area (Å²) in [6.45, 7) is 0. The predicted molar refractivity (Wildman–Crippen MR) is 84.4 cm³/mol. The third-order valence-corrected chi connectivity index (χ3v) is 5.84. The monoisotopic (exact) mass is 304 g/mol. The highest BCUT2D eigenvalue weighted by atomic mass is 35.5. The van der Waals surface area contributed by atoms with Crippen molar-refractivity contribution in [2.45, 2.75) is 38.1 Å². The van der Waals surface area contributed by atoms with Crippen LogP contribution >= 0.6 is 11.6 Å². The first-order valence-corrected chi connectivity index (χ1v) is 8.38. The first kappa shape index (κ1) is 13.4. The highest BCUT2D eigenvalue weighted by Crippen LogP contribution is 2.53. The molecule has 1 aromatic carbocycles. The van der Waals surface area contributed by atoms with Gasteiger partial charge in [0.05, 0.1) is 0 Å². The molecule has 4 aliphatic carbocycles. The van der Waals surface area contributed by atoms with Crippen molar-refractivity contribution in [2.24, 2.45) is 23.7 Å². The molecule has 2 N–H and O–H groups in total. The third kappa shape index (κ3) is 2.64. The molecule has 4 fully saturated rings. The van der Waals surface area contributed by atoms with Crippen molar-refractivity contribution >= 4 is 23.3 Å². The Bertz CT molecular complexity index is 531. The van der Waals surface area contributed by atoms with Gasteiger partial charge in [-0.2, -0.15) is 0 Å². The topological polar surface area (TPSA) is 41.1 Å². The normalized spacial score (nSPS) is 36.5. The molecule has 0 aromatic heterocycles. The van der Waals surface area contributed by atoms with Crippen molar-refractivity contribution in [1.29, 1.82) is 0 Å². The number of hydrogen-bond acceptors (Lipinski definition) is 1. The minimum Gasteiger partial charge on any atom is -0.335 e. The van der Waals surface area contributed by atoms with Gasteiger partial charge in [0.2, 0.25) is 0 Å². The van der Waals surface area contributed by atoms with E-state index in [0.717, 1.165) is 17.5 Å². The van der Waals surface area contributed by atoms with E-state index in [4.69, 9.17) is 11.6 Å². The van der Waals surface area contributed by atoms with Crippen LogP contribution in [0.5, 0.6) is 0 Å². The maximum absolute atomic E-state index is 12.3. The van der Waals surface area contributed by atoms with Crippen LogP contribution in [0.25, 0.3) is 0 Å². The van der Waals surface area contributed by atoms with Crippen LogP contribution in [0.4, 0.5) is 10.5 Å². The van der Waals surface area contributed by atoms with E-state index < -0.39 is 0 Å². The molecule has 4 saturated carbocycles. The largest absolute Gasteiger partial charge is 0.335 e. The van der Waals surface area contributed by atoms with Crippen molar-refractivity contribution in [3.63, 3.8) is 0 Å². The van der Waals surface area contributed by atoms with Gasteiger partial charge in [-0.3, -0.25) is 0 Å². The standard InChI is InChI=1S/C17H21ClN2O/c18-14-2-1-3-15(9-14)19-17(21)20-16-12-5-10-4-11(7-12)8-13(16)6-10/h1-3,9-13,16H,4-8H2,(H2,19,20,21). The van der Waals surface area contributed by atoms with Gasteiger partial charge in [0, 0.05) is 16.8 Å². The first-order valence-electron chi connectivity index (χ1n) is 8.00. The molecular weight excluding hydrogens is 284 g/mol. The Kier molecular flexibility index (Phi) is 3.33. The second-order valence-corrected chi connectivity index (χ2v) is 7.50. The van der Waals surface area contributed by atoms with Crippen LogP contribution < -0.4 is 10.6 Å². The van der Waals surface area contributed by atoms with Gasteiger partial charge in [0.25, 0.3) is 0 Å². The van der Waals surface area contributed by atoms with E-state index in [2.05, 4.69) is 10.6 Å². The molecule has 1 aromatic rings. The van der Waals surface area contributed by atoms with Crippen LogP contribution in [0, 0.1) is 23.7 Å². The number of benzene rings is 1. The van der Waals surface area contributed by atoms with Gasteiger partial charge in [0.1, 0.15) is 0 Å². The number of rotatable bonds is 2. The quantitative estimate of drug-likeness (QED) is 0.841. The minimum absolute atomic E-state index is 0.0882. The van der Waals surface area contributed by atoms with Crippen LogP contribution in [0.3, 0.4) is 0 Å². The van der Waals surface area contributed by atoms with Crippen LogP contribution in [0.1, 0.15) is 32.1 Å². The van der Waals surface area contributed by atoms with Crippen LogP contribution in [-0.4, -0.2) is 12.1 Å². The number of carbonyl (C=O) groups is 1. The molecule has 3 nitrogen and oxygen atoms in total. The lowest BCUT2D eigenvalue weighted by atomic mass is 9.54. The lowest BCUT2D eigenvalue weighted by Gasteiger charge is -2.54. The highest BCUT2D eigenvalue weighted by molar-refractivity contribution is 6.30. The van der Waals surface area contributed by atoms with Crippen molar-refractivity contribution in [3.8, 4) is 0 Å². The Balaban J connectivity index is 1.41. The maximum Gasteiger partial charge on any atom is 0.319 e. The molecule has 0 radical (unpaired) electrons. The zero-order chi connectivity index (χ0) is 14.4. The number of amides is 2. The van der Waals surface area contributed by atoms with Crippen molar-refractivity contribution in [2.75, 3.05) is 5.32 Å². The van der Waals surface area contributed by atoms with Gasteiger partial charge in [0.15, 0.2) is 0 Å². The summed E-state index contributed by atoms with van der Waals surface area (Å²) in [4.78, 5) is 12.3. The number of hydrogen-bond donors (Lipinski definition) is 2. The second kappa shape index (κ2) is 5.20. The summed E-state index contributed by atoms with van der Waals surface area (Å²) in [5, 5.41) is 6.79. The minimum atomic E-state index is -0.0882. The van der Waals surface area contributed by atoms with E-state index in [1.807, 2.05) is 18.2 Å². The Morgan fingerprint density at radius 2 is 1.71 bits per heavy atom. The number of carbonyl (C=O) groups excluding carboxylic acids is 1. The molecule has 0 aliphatic heterocycles. The van der Waals surface area contributed by atoms with Crippen LogP contribution in [0.2, 0.25) is 5.02 Å². The average Bonchev–Trinajstić information content (AvgIpc) is 2.42. The van der Waals surface area contributed by atoms with E-state index in [1.54, 1.807) is 6.07 Å². The fraction of sp³-hybridized carbons (Fsp3) is 0.588. The van der Waals surface area contributed by atoms with Gasteiger partial charge in [-0.15, -0.1) is 0 Å². The molecule has 5 rings (SSSR count). The summed E-state index contributed by atoms with van der Waals surface area (Å²) in [5.74, 6) is 3.26. The molecule has 4 heteroatoms. The highest BCUT2D eigenvalue weighted by Gasteiger charge is 2.48. The molecule has 112 valence electrons. The van der Waals surface area contributed by atoms with Crippen molar-refractivity contribution < 1.29 is 4.79 Å². The van der Waals surface area contributed by atoms with E-state index in [9.17, 15) is 4.79 Å². The molecule has 2 amide bonds. The number of urea groups is 1. The Morgan fingerprint density at radius 3 is 2.33 bits per heavy atom. The number of nitrogens with one attached hydrogen (secondary N) is 2. The fourth-order valence-electron chi connectivity index (χ4n) is 5.05. The smallest absolute Gasteiger partial charge is 0.319 e. The second-order valence-electron chi connectivity index (χ2n) is 7.07. The fourth-order valence-corrected chi connectivity index (χ4v) is 5.24. The summed E-state index contributed by atoms with van der Waals surface area (Å²) >= 11 is 5.95. The molecule has 0 saturated heterocycles. The average molecular weight is 305 g/mol. The summed E-state index contributed by atoms with van der Waals surface area (Å²) in [5.41, 5.74) is 0.754. The summed E-state index contributed by atoms with van der Waals surface area (Å²) in [6, 6.07) is 7.58. The van der Waals surface area contributed by atoms with Crippen molar-refractivity contribution in [1.82, 2.24) is 5.32 Å². The van der Waals surface area contributed by atoms with E-state index in [1.165, 1.54) is 32.1 Å². The van der Waals surface area contributed by atoms with E-state index >= 15 is 0 Å². The number of anilines is 1. The molecule has 0 spiro atoms. The molecular formula is C17H21ClN2O. The molecule has 4 aliphatic rings. The molecule has 0 unspecified atom stereocenters. The predicted octanol–water partition coefficient (Wildman–Crippen LogP) is 4.29. The van der Waals surface area contributed by atoms with Crippen LogP contribution in [-0.2, 0) is 0 Å². The zero-order valence-corrected chi connectivity index (χ0v) is 12.8. The molecule has 0 atom stereocenters. The summed E-state index contributed by atoms with van der Waals surface area (Å²) in [6.07, 6.45) is 6.70. The maximum atomic E-state index is 12.3. The third-order valence-electron chi connectivity index (χ3n) is 5.61. The lowest BCUT2D eigenvalue weighted by Crippen LogP contribution is -2.56. The first-order chi connectivity index (χ1) is 10.2. The Labute approximate surface area is 130 Å². The van der Waals surface area contributed by atoms with Gasteiger partial charge in [-0.05, 0) is 74.0 Å². The molecule has 21 heavy (non-hydrogen) atoms. The van der Waals surface area contributed by atoms with Gasteiger partial charge in [-0.25, -0.2) is 4.79 Å². The van der Waals surface area contributed by atoms with Gasteiger partial charge < -0.3 is 10.6 Å². The number of halogens is 1. The van der Waals surface area contributed by atoms with E-state index in [0.29, 0.717) is 22.9 Å². The Morgan fingerprint density at radius 1 is 1.05 bits per heavy atom.